The van der Waals surface area contributed by atoms with Crippen molar-refractivity contribution < 1.29 is 18.8 Å². The van der Waals surface area contributed by atoms with Crippen molar-refractivity contribution in [3.8, 4) is 17.2 Å². The molecule has 2 atom stereocenters. The zero-order valence-corrected chi connectivity index (χ0v) is 22.0. The molecule has 0 spiro atoms. The first-order valence-electron chi connectivity index (χ1n) is 10.6. The highest BCUT2D eigenvalue weighted by molar-refractivity contribution is 8.41. The Morgan fingerprint density at radius 2 is 1.57 bits per heavy atom. The van der Waals surface area contributed by atoms with Crippen molar-refractivity contribution in [3.05, 3.63) is 119 Å². The number of hydrogen-bond acceptors (Lipinski definition) is 6. The Balaban J connectivity index is 1.62. The molecule has 0 heterocycles. The fraction of sp³-hybridized carbons (Fsp3) is 0.0741. The number of aromatic hydroxyl groups is 1. The molecule has 0 aliphatic carbocycles. The molecule has 0 saturated carbocycles. The molecule has 1 N–H and O–H groups in total. The van der Waals surface area contributed by atoms with Crippen LogP contribution in [0.2, 0.25) is 5.02 Å². The van der Waals surface area contributed by atoms with E-state index < -0.39 is 5.25 Å². The topological polar surface area (TPSA) is 55.8 Å². The summed E-state index contributed by atoms with van der Waals surface area (Å²) in [5, 5.41) is 10.3. The fourth-order valence-corrected chi connectivity index (χ4v) is 5.39. The molecule has 4 rings (SSSR count). The molecule has 0 aromatic heterocycles. The van der Waals surface area contributed by atoms with E-state index in [-0.39, 0.29) is 16.6 Å². The van der Waals surface area contributed by atoms with Crippen molar-refractivity contribution in [2.75, 3.05) is 0 Å². The first-order chi connectivity index (χ1) is 17.0. The van der Waals surface area contributed by atoms with Crippen LogP contribution in [0.4, 0.5) is 0 Å². The number of carbonyl (C=O) groups is 1. The molecule has 0 saturated heterocycles. The number of ketones is 1. The summed E-state index contributed by atoms with van der Waals surface area (Å²) in [6, 6.07) is 29.5. The highest BCUT2D eigenvalue weighted by Gasteiger charge is 2.25. The van der Waals surface area contributed by atoms with Gasteiger partial charge in [-0.1, -0.05) is 72.3 Å². The van der Waals surface area contributed by atoms with Crippen LogP contribution in [-0.2, 0) is 6.61 Å². The molecule has 2 unspecified atom stereocenters. The monoisotopic (exact) mass is 540 g/mol. The molecule has 0 fully saturated rings. The minimum Gasteiger partial charge on any atom is -0.505 e. The third-order valence-electron chi connectivity index (χ3n) is 5.12. The van der Waals surface area contributed by atoms with Gasteiger partial charge in [-0.05, 0) is 49.9 Å². The van der Waals surface area contributed by atoms with Crippen LogP contribution in [0, 0.1) is 0 Å². The molecule has 4 aromatic rings. The summed E-state index contributed by atoms with van der Waals surface area (Å²) in [4.78, 5) is 14.1. The van der Waals surface area contributed by atoms with E-state index in [9.17, 15) is 9.90 Å². The van der Waals surface area contributed by atoms with E-state index >= 15 is 0 Å². The number of thioether (sulfide) groups is 1. The van der Waals surface area contributed by atoms with Crippen molar-refractivity contribution in [2.45, 2.75) is 16.8 Å². The van der Waals surface area contributed by atoms with Gasteiger partial charge in [0.05, 0.1) is 26.8 Å². The van der Waals surface area contributed by atoms with Crippen molar-refractivity contribution in [2.24, 2.45) is 0 Å². The van der Waals surface area contributed by atoms with E-state index in [0.29, 0.717) is 28.6 Å². The number of rotatable bonds is 10. The van der Waals surface area contributed by atoms with E-state index in [1.807, 2.05) is 60.7 Å². The van der Waals surface area contributed by atoms with Gasteiger partial charge in [0.15, 0.2) is 5.78 Å². The Hall–Kier alpha value is -2.63. The molecule has 0 aliphatic rings. The largest absolute Gasteiger partial charge is 0.505 e. The van der Waals surface area contributed by atoms with Crippen LogP contribution >= 0.6 is 43.5 Å². The van der Waals surface area contributed by atoms with Crippen LogP contribution < -0.4 is 8.92 Å². The summed E-state index contributed by atoms with van der Waals surface area (Å²) in [5.41, 5.74) is 2.36. The van der Waals surface area contributed by atoms with E-state index in [0.717, 1.165) is 22.8 Å². The summed E-state index contributed by atoms with van der Waals surface area (Å²) in [6.07, 6.45) is 0. The molecule has 8 heteroatoms. The van der Waals surface area contributed by atoms with Crippen LogP contribution in [-0.4, -0.2) is 10.9 Å². The van der Waals surface area contributed by atoms with E-state index in [4.69, 9.17) is 20.5 Å². The van der Waals surface area contributed by atoms with Crippen LogP contribution in [0.25, 0.3) is 0 Å². The average Bonchev–Trinajstić information content (AvgIpc) is 2.90. The van der Waals surface area contributed by atoms with Gasteiger partial charge in [-0.25, -0.2) is 0 Å². The average molecular weight is 541 g/mol. The molecule has 0 bridgehead atoms. The van der Waals surface area contributed by atoms with Gasteiger partial charge in [0.1, 0.15) is 23.9 Å². The maximum Gasteiger partial charge on any atom is 0.180 e. The van der Waals surface area contributed by atoms with Crippen molar-refractivity contribution in [3.63, 3.8) is 0 Å². The standard InChI is InChI=1S/C27H22ClO4PS2/c28-23-15-22(31-17-18-7-3-1-4-8-18)16-24(26(23)30)34-27(20-9-5-2-6-10-20)25(29)19-11-13-21(14-12-19)32-35-33/h1-16,27,30H,17,33H2. The van der Waals surface area contributed by atoms with Crippen molar-refractivity contribution in [1.29, 1.82) is 0 Å². The molecular formula is C27H22ClO4PS2. The molecule has 0 radical (unpaired) electrons. The number of phenolic OH excluding ortho intramolecular Hbond substituents is 1. The normalized spacial score (nSPS) is 11.6. The molecule has 0 aliphatic heterocycles. The zero-order chi connectivity index (χ0) is 24.6. The number of halogens is 1. The number of carbonyl (C=O) groups excluding carboxylic acids is 1. The highest BCUT2D eigenvalue weighted by Crippen LogP contribution is 2.46. The third kappa shape index (κ3) is 6.74. The van der Waals surface area contributed by atoms with Gasteiger partial charge in [-0.15, -0.1) is 11.8 Å². The fourth-order valence-electron chi connectivity index (χ4n) is 3.37. The van der Waals surface area contributed by atoms with Crippen LogP contribution in [0.5, 0.6) is 17.2 Å². The number of Topliss-reactive ketones (excluding diaryl/α,β-unsaturated/α-hetero) is 1. The van der Waals surface area contributed by atoms with E-state index in [1.54, 1.807) is 36.4 Å². The highest BCUT2D eigenvalue weighted by atomic mass is 35.5. The minimum atomic E-state index is -0.606. The van der Waals surface area contributed by atoms with E-state index in [1.165, 1.54) is 11.8 Å². The van der Waals surface area contributed by atoms with Crippen LogP contribution in [0.3, 0.4) is 0 Å². The van der Waals surface area contributed by atoms with Crippen molar-refractivity contribution >= 4 is 49.3 Å². The summed E-state index contributed by atoms with van der Waals surface area (Å²) in [6.45, 7) is 0.357. The second-order valence-electron chi connectivity index (χ2n) is 7.50. The maximum absolute atomic E-state index is 13.6. The summed E-state index contributed by atoms with van der Waals surface area (Å²) in [7, 11) is 2.42. The van der Waals surface area contributed by atoms with Gasteiger partial charge in [0.2, 0.25) is 0 Å². The van der Waals surface area contributed by atoms with Crippen LogP contribution in [0.1, 0.15) is 26.7 Å². The lowest BCUT2D eigenvalue weighted by Gasteiger charge is -2.18. The lowest BCUT2D eigenvalue weighted by molar-refractivity contribution is 0.0989. The number of ether oxygens (including phenoxy) is 1. The SMILES string of the molecule is O=C(c1ccc(OSP)cc1)C(Sc1cc(OCc2ccccc2)cc(Cl)c1O)c1ccccc1. The number of benzene rings is 4. The Morgan fingerprint density at radius 1 is 0.914 bits per heavy atom. The predicted octanol–water partition coefficient (Wildman–Crippen LogP) is 8.16. The van der Waals surface area contributed by atoms with Gasteiger partial charge < -0.3 is 14.0 Å². The summed E-state index contributed by atoms with van der Waals surface area (Å²) >= 11 is 8.72. The first-order valence-corrected chi connectivity index (χ1v) is 14.1. The quantitative estimate of drug-likeness (QED) is 0.0947. The number of hydrogen-bond donors (Lipinski definition) is 1. The van der Waals surface area contributed by atoms with Crippen molar-refractivity contribution in [1.82, 2.24) is 0 Å². The Labute approximate surface area is 220 Å². The lowest BCUT2D eigenvalue weighted by atomic mass is 10.0. The third-order valence-corrected chi connectivity index (χ3v) is 7.27. The first kappa shape index (κ1) is 25.5. The summed E-state index contributed by atoms with van der Waals surface area (Å²) in [5.74, 6) is 0.976. The smallest absolute Gasteiger partial charge is 0.180 e. The second-order valence-corrected chi connectivity index (χ2v) is 9.99. The minimum absolute atomic E-state index is 0.0846. The predicted molar refractivity (Wildman–Crippen MR) is 148 cm³/mol. The zero-order valence-electron chi connectivity index (χ0n) is 18.5. The molecule has 4 nitrogen and oxygen atoms in total. The van der Waals surface area contributed by atoms with Gasteiger partial charge >= 0.3 is 0 Å². The van der Waals surface area contributed by atoms with Gasteiger partial charge in [-0.3, -0.25) is 4.79 Å². The van der Waals surface area contributed by atoms with Gasteiger partial charge in [-0.2, -0.15) is 0 Å². The Kier molecular flexibility index (Phi) is 9.00. The van der Waals surface area contributed by atoms with Gasteiger partial charge in [0, 0.05) is 11.6 Å². The molecule has 4 aromatic carbocycles. The lowest BCUT2D eigenvalue weighted by Crippen LogP contribution is -2.10. The van der Waals surface area contributed by atoms with Crippen LogP contribution in [0.15, 0.2) is 102 Å². The van der Waals surface area contributed by atoms with E-state index in [2.05, 4.69) is 8.44 Å². The second kappa shape index (κ2) is 12.4. The number of phenols is 1. The summed E-state index contributed by atoms with van der Waals surface area (Å²) < 4.78 is 11.3. The van der Waals surface area contributed by atoms with Gasteiger partial charge in [0.25, 0.3) is 0 Å². The molecular weight excluding hydrogens is 519 g/mol. The molecule has 178 valence electrons. The Morgan fingerprint density at radius 3 is 2.23 bits per heavy atom. The maximum atomic E-state index is 13.6. The Bertz CT molecular complexity index is 1270. The molecule has 35 heavy (non-hydrogen) atoms. The molecule has 0 amide bonds.